The molecule has 1 aromatic heterocycles. The number of hydrogen-bond donors (Lipinski definition) is 0. The summed E-state index contributed by atoms with van der Waals surface area (Å²) in [7, 11) is 0. The van der Waals surface area contributed by atoms with E-state index in [4.69, 9.17) is 4.74 Å². The Hall–Kier alpha value is -1.25. The maximum absolute atomic E-state index is 12.0. The first-order chi connectivity index (χ1) is 8.11. The lowest BCUT2D eigenvalue weighted by molar-refractivity contribution is -0.149. The Morgan fingerprint density at radius 2 is 2.35 bits per heavy atom. The van der Waals surface area contributed by atoms with Crippen molar-refractivity contribution in [2.75, 3.05) is 0 Å². The van der Waals surface area contributed by atoms with Crippen LogP contribution in [-0.2, 0) is 22.5 Å². The molecule has 1 aliphatic heterocycles. The van der Waals surface area contributed by atoms with E-state index in [0.717, 1.165) is 31.5 Å². The fraction of sp³-hybridized carbons (Fsp3) is 0.643. The van der Waals surface area contributed by atoms with Crippen molar-refractivity contribution in [3.05, 3.63) is 23.5 Å². The van der Waals surface area contributed by atoms with Crippen LogP contribution in [0.2, 0.25) is 0 Å². The second-order valence-electron chi connectivity index (χ2n) is 5.00. The smallest absolute Gasteiger partial charge is 0.315 e. The lowest BCUT2D eigenvalue weighted by Crippen LogP contribution is -2.25. The van der Waals surface area contributed by atoms with Crippen molar-refractivity contribution in [1.82, 2.24) is 4.57 Å². The average molecular weight is 235 g/mol. The van der Waals surface area contributed by atoms with E-state index in [1.165, 1.54) is 5.56 Å². The summed E-state index contributed by atoms with van der Waals surface area (Å²) in [6.07, 6.45) is 5.14. The Balaban J connectivity index is 2.21. The van der Waals surface area contributed by atoms with E-state index in [1.807, 2.05) is 13.8 Å². The summed E-state index contributed by atoms with van der Waals surface area (Å²) in [5.74, 6) is -0.131. The number of ether oxygens (including phenoxy) is 1. The number of carbonyl (C=O) groups is 1. The summed E-state index contributed by atoms with van der Waals surface area (Å²) in [6.45, 7) is 6.97. The first-order valence-corrected chi connectivity index (χ1v) is 6.51. The molecule has 0 radical (unpaired) electrons. The molecule has 0 spiro atoms. The summed E-state index contributed by atoms with van der Waals surface area (Å²) in [4.78, 5) is 12.0. The molecule has 0 amide bonds. The number of esters is 1. The molecule has 1 aromatic rings. The third-order valence-corrected chi connectivity index (χ3v) is 3.28. The topological polar surface area (TPSA) is 31.2 Å². The first-order valence-electron chi connectivity index (χ1n) is 6.51. The van der Waals surface area contributed by atoms with Gasteiger partial charge in [0.1, 0.15) is 0 Å². The number of fused-ring (bicyclic) bond motifs is 1. The van der Waals surface area contributed by atoms with Crippen molar-refractivity contribution in [3.63, 3.8) is 0 Å². The van der Waals surface area contributed by atoms with Crippen LogP contribution in [0.25, 0.3) is 0 Å². The zero-order valence-corrected chi connectivity index (χ0v) is 10.9. The summed E-state index contributed by atoms with van der Waals surface area (Å²) in [5.41, 5.74) is 2.45. The number of aromatic nitrogens is 1. The fourth-order valence-corrected chi connectivity index (χ4v) is 2.44. The van der Waals surface area contributed by atoms with Gasteiger partial charge >= 0.3 is 5.97 Å². The van der Waals surface area contributed by atoms with E-state index in [2.05, 4.69) is 23.8 Å². The van der Waals surface area contributed by atoms with Gasteiger partial charge in [0.15, 0.2) is 0 Å². The predicted octanol–water partition coefficient (Wildman–Crippen LogP) is 2.88. The number of carbonyl (C=O) groups excluding carboxylic acids is 1. The Morgan fingerprint density at radius 3 is 3.00 bits per heavy atom. The number of nitrogens with zero attached hydrogens (tertiary/aromatic N) is 1. The summed E-state index contributed by atoms with van der Waals surface area (Å²) in [6, 6.07) is 2.16. The van der Waals surface area contributed by atoms with E-state index in [1.54, 1.807) is 0 Å². The normalized spacial score (nSPS) is 19.2. The second kappa shape index (κ2) is 4.94. The largest absolute Gasteiger partial charge is 0.462 e. The third kappa shape index (κ3) is 2.54. The number of aryl methyl sites for hydroxylation is 2. The van der Waals surface area contributed by atoms with E-state index >= 15 is 0 Å². The fourth-order valence-electron chi connectivity index (χ4n) is 2.44. The molecule has 0 aliphatic carbocycles. The van der Waals surface area contributed by atoms with Crippen LogP contribution in [0.4, 0.5) is 0 Å². The van der Waals surface area contributed by atoms with E-state index in [-0.39, 0.29) is 18.0 Å². The van der Waals surface area contributed by atoms with Crippen LogP contribution in [-0.4, -0.2) is 16.6 Å². The molecule has 0 fully saturated rings. The lowest BCUT2D eigenvalue weighted by atomic mass is 9.96. The minimum atomic E-state index is -0.0679. The van der Waals surface area contributed by atoms with Gasteiger partial charge in [-0.2, -0.15) is 0 Å². The molecule has 0 aromatic carbocycles. The van der Waals surface area contributed by atoms with Crippen LogP contribution in [0.3, 0.4) is 0 Å². The Morgan fingerprint density at radius 1 is 1.59 bits per heavy atom. The molecule has 1 unspecified atom stereocenters. The highest BCUT2D eigenvalue weighted by molar-refractivity contribution is 5.78. The van der Waals surface area contributed by atoms with Crippen LogP contribution in [0.5, 0.6) is 0 Å². The highest BCUT2D eigenvalue weighted by Gasteiger charge is 2.29. The van der Waals surface area contributed by atoms with Gasteiger partial charge in [0.2, 0.25) is 0 Å². The molecule has 0 saturated carbocycles. The predicted molar refractivity (Wildman–Crippen MR) is 67.0 cm³/mol. The van der Waals surface area contributed by atoms with Crippen LogP contribution >= 0.6 is 0 Å². The Bertz CT molecular complexity index is 406. The van der Waals surface area contributed by atoms with Gasteiger partial charge < -0.3 is 9.30 Å². The Kier molecular flexibility index (Phi) is 3.55. The van der Waals surface area contributed by atoms with Crippen molar-refractivity contribution in [3.8, 4) is 0 Å². The van der Waals surface area contributed by atoms with Gasteiger partial charge in [-0.1, -0.05) is 6.92 Å². The molecule has 3 nitrogen and oxygen atoms in total. The van der Waals surface area contributed by atoms with Crippen LogP contribution in [0.15, 0.2) is 12.3 Å². The molecule has 17 heavy (non-hydrogen) atoms. The molecule has 0 bridgehead atoms. The molecule has 2 rings (SSSR count). The van der Waals surface area contributed by atoms with Gasteiger partial charge in [-0.25, -0.2) is 0 Å². The molecule has 94 valence electrons. The van der Waals surface area contributed by atoms with Crippen molar-refractivity contribution in [1.29, 1.82) is 0 Å². The van der Waals surface area contributed by atoms with E-state index < -0.39 is 0 Å². The molecule has 3 heteroatoms. The minimum Gasteiger partial charge on any atom is -0.462 e. The molecule has 2 heterocycles. The number of hydrogen-bond acceptors (Lipinski definition) is 2. The SMILES string of the molecule is CCc1cc2n(c1)CCCC2C(=O)OC(C)C. The van der Waals surface area contributed by atoms with Gasteiger partial charge in [0.25, 0.3) is 0 Å². The van der Waals surface area contributed by atoms with Gasteiger partial charge in [0.05, 0.1) is 12.0 Å². The van der Waals surface area contributed by atoms with Gasteiger partial charge in [-0.15, -0.1) is 0 Å². The molecule has 1 aliphatic rings. The summed E-state index contributed by atoms with van der Waals surface area (Å²) < 4.78 is 7.55. The van der Waals surface area contributed by atoms with Crippen LogP contribution < -0.4 is 0 Å². The maximum Gasteiger partial charge on any atom is 0.315 e. The lowest BCUT2D eigenvalue weighted by Gasteiger charge is -2.24. The monoisotopic (exact) mass is 235 g/mol. The first kappa shape index (κ1) is 12.2. The molecule has 0 saturated heterocycles. The van der Waals surface area contributed by atoms with Crippen LogP contribution in [0, 0.1) is 0 Å². The van der Waals surface area contributed by atoms with Gasteiger partial charge in [-0.05, 0) is 44.7 Å². The van der Waals surface area contributed by atoms with E-state index in [9.17, 15) is 4.79 Å². The van der Waals surface area contributed by atoms with Crippen molar-refractivity contribution >= 4 is 5.97 Å². The molecule has 0 N–H and O–H groups in total. The van der Waals surface area contributed by atoms with Crippen molar-refractivity contribution < 1.29 is 9.53 Å². The highest BCUT2D eigenvalue weighted by atomic mass is 16.5. The maximum atomic E-state index is 12.0. The van der Waals surface area contributed by atoms with E-state index in [0.29, 0.717) is 0 Å². The van der Waals surface area contributed by atoms with Crippen LogP contribution in [0.1, 0.15) is 50.8 Å². The standard InChI is InChI=1S/C14H21NO2/c1-4-11-8-13-12(14(16)17-10(2)3)6-5-7-15(13)9-11/h8-10,12H,4-7H2,1-3H3. The summed E-state index contributed by atoms with van der Waals surface area (Å²) >= 11 is 0. The second-order valence-corrected chi connectivity index (χ2v) is 5.00. The van der Waals surface area contributed by atoms with Gasteiger partial charge in [0, 0.05) is 18.4 Å². The van der Waals surface area contributed by atoms with Crippen molar-refractivity contribution in [2.24, 2.45) is 0 Å². The minimum absolute atomic E-state index is 0.0292. The molecular formula is C14H21NO2. The Labute approximate surface area is 103 Å². The molecule has 1 atom stereocenters. The highest BCUT2D eigenvalue weighted by Crippen LogP contribution is 2.30. The molecular weight excluding hydrogens is 214 g/mol. The summed E-state index contributed by atoms with van der Waals surface area (Å²) in [5, 5.41) is 0. The zero-order valence-electron chi connectivity index (χ0n) is 10.9. The zero-order chi connectivity index (χ0) is 12.4. The van der Waals surface area contributed by atoms with Crippen molar-refractivity contribution in [2.45, 2.75) is 58.6 Å². The number of rotatable bonds is 3. The quantitative estimate of drug-likeness (QED) is 0.754. The third-order valence-electron chi connectivity index (χ3n) is 3.28. The average Bonchev–Trinajstić information content (AvgIpc) is 2.70. The van der Waals surface area contributed by atoms with Gasteiger partial charge in [-0.3, -0.25) is 4.79 Å².